The molecule has 3 aromatic rings. The van der Waals surface area contributed by atoms with E-state index in [1.54, 1.807) is 56.7 Å². The number of carbonyl (C=O) groups excluding carboxylic acids is 1. The summed E-state index contributed by atoms with van der Waals surface area (Å²) >= 11 is 12.8. The minimum Gasteiger partial charge on any atom is -0.493 e. The predicted octanol–water partition coefficient (Wildman–Crippen LogP) is 7.34. The number of carbonyl (C=O) groups is 1. The van der Waals surface area contributed by atoms with Gasteiger partial charge in [0.2, 0.25) is 0 Å². The number of hydrogen-bond donors (Lipinski definition) is 0. The lowest BCUT2D eigenvalue weighted by Gasteiger charge is -2.16. The third-order valence-electron chi connectivity index (χ3n) is 6.56. The molecule has 2 saturated carbocycles. The van der Waals surface area contributed by atoms with Crippen LogP contribution in [-0.4, -0.2) is 38.4 Å². The first kappa shape index (κ1) is 27.2. The van der Waals surface area contributed by atoms with Gasteiger partial charge < -0.3 is 23.7 Å². The molecule has 1 heterocycles. The molecule has 2 aliphatic carbocycles. The van der Waals surface area contributed by atoms with Crippen molar-refractivity contribution in [3.8, 4) is 23.0 Å². The molecule has 2 aromatic carbocycles. The van der Waals surface area contributed by atoms with E-state index in [2.05, 4.69) is 4.98 Å². The van der Waals surface area contributed by atoms with E-state index in [1.807, 2.05) is 0 Å². The summed E-state index contributed by atoms with van der Waals surface area (Å²) in [6, 6.07) is 10.3. The largest absolute Gasteiger partial charge is 0.493 e. The minimum absolute atomic E-state index is 0.227. The fraction of sp³-hybridized carbons (Fsp3) is 0.333. The van der Waals surface area contributed by atoms with Gasteiger partial charge >= 0.3 is 5.97 Å². The summed E-state index contributed by atoms with van der Waals surface area (Å²) in [6.45, 7) is 1.17. The van der Waals surface area contributed by atoms with Crippen molar-refractivity contribution in [1.82, 2.24) is 4.98 Å². The summed E-state index contributed by atoms with van der Waals surface area (Å²) in [6.07, 6.45) is 9.16. The second kappa shape index (κ2) is 12.2. The van der Waals surface area contributed by atoms with Crippen LogP contribution >= 0.6 is 23.2 Å². The Bertz CT molecular complexity index is 1360. The molecule has 2 fully saturated rings. The average molecular weight is 570 g/mol. The first-order valence-electron chi connectivity index (χ1n) is 12.8. The van der Waals surface area contributed by atoms with Crippen molar-refractivity contribution < 1.29 is 28.5 Å². The monoisotopic (exact) mass is 569 g/mol. The molecule has 5 rings (SSSR count). The molecule has 0 spiro atoms. The van der Waals surface area contributed by atoms with Gasteiger partial charge in [-0.25, -0.2) is 4.79 Å². The van der Waals surface area contributed by atoms with Gasteiger partial charge in [-0.15, -0.1) is 0 Å². The van der Waals surface area contributed by atoms with E-state index in [0.717, 1.165) is 25.7 Å². The number of halogens is 2. The lowest BCUT2D eigenvalue weighted by atomic mass is 10.1. The van der Waals surface area contributed by atoms with Gasteiger partial charge in [0.1, 0.15) is 5.76 Å². The topological polar surface area (TPSA) is 76.1 Å². The molecular formula is C30H29Cl2NO6. The van der Waals surface area contributed by atoms with Crippen LogP contribution in [0.3, 0.4) is 0 Å². The normalized spacial score (nSPS) is 15.0. The first-order chi connectivity index (χ1) is 18.9. The number of esters is 1. The molecule has 1 aromatic heterocycles. The van der Waals surface area contributed by atoms with Crippen LogP contribution in [0.4, 0.5) is 0 Å². The van der Waals surface area contributed by atoms with Gasteiger partial charge in [0.05, 0.1) is 43.0 Å². The van der Waals surface area contributed by atoms with Gasteiger partial charge in [0.25, 0.3) is 0 Å². The lowest BCUT2D eigenvalue weighted by molar-refractivity contribution is 0.0693. The number of rotatable bonds is 12. The molecular weight excluding hydrogens is 541 g/mol. The van der Waals surface area contributed by atoms with Crippen LogP contribution in [0.1, 0.15) is 47.2 Å². The van der Waals surface area contributed by atoms with Crippen molar-refractivity contribution >= 4 is 41.0 Å². The molecule has 0 amide bonds. The number of ether oxygens (including phenoxy) is 5. The molecule has 0 saturated heterocycles. The van der Waals surface area contributed by atoms with E-state index in [0.29, 0.717) is 74.8 Å². The third-order valence-corrected chi connectivity index (χ3v) is 7.16. The summed E-state index contributed by atoms with van der Waals surface area (Å²) in [7, 11) is 3.14. The second-order valence-corrected chi connectivity index (χ2v) is 10.5. The van der Waals surface area contributed by atoms with Crippen LogP contribution < -0.4 is 18.9 Å². The number of methoxy groups -OCH3 is 2. The zero-order valence-electron chi connectivity index (χ0n) is 21.7. The zero-order valence-corrected chi connectivity index (χ0v) is 23.3. The Morgan fingerprint density at radius 1 is 0.821 bits per heavy atom. The highest BCUT2D eigenvalue weighted by molar-refractivity contribution is 6.37. The van der Waals surface area contributed by atoms with Gasteiger partial charge in [-0.2, -0.15) is 0 Å². The summed E-state index contributed by atoms with van der Waals surface area (Å²) in [4.78, 5) is 17.4. The molecule has 0 radical (unpaired) electrons. The average Bonchev–Trinajstić information content (AvgIpc) is 3.87. The van der Waals surface area contributed by atoms with Crippen LogP contribution in [0.2, 0.25) is 10.0 Å². The molecule has 0 aliphatic heterocycles. The fourth-order valence-corrected chi connectivity index (χ4v) is 4.34. The van der Waals surface area contributed by atoms with Crippen molar-refractivity contribution in [2.75, 3.05) is 27.4 Å². The molecule has 2 aliphatic rings. The quantitative estimate of drug-likeness (QED) is 0.167. The van der Waals surface area contributed by atoms with Crippen LogP contribution in [-0.2, 0) is 4.74 Å². The highest BCUT2D eigenvalue weighted by Crippen LogP contribution is 2.37. The maximum Gasteiger partial charge on any atom is 0.343 e. The second-order valence-electron chi connectivity index (χ2n) is 9.65. The number of nitrogens with zero attached hydrogens (tertiary/aromatic N) is 1. The molecule has 0 atom stereocenters. The Kier molecular flexibility index (Phi) is 8.48. The fourth-order valence-electron chi connectivity index (χ4n) is 3.86. The van der Waals surface area contributed by atoms with E-state index in [-0.39, 0.29) is 5.76 Å². The lowest BCUT2D eigenvalue weighted by Crippen LogP contribution is -2.07. The maximum absolute atomic E-state index is 13.4. The number of benzene rings is 2. The van der Waals surface area contributed by atoms with Gasteiger partial charge in [-0.05, 0) is 80.0 Å². The Labute approximate surface area is 237 Å². The van der Waals surface area contributed by atoms with Gasteiger partial charge in [0.15, 0.2) is 23.0 Å². The Morgan fingerprint density at radius 3 is 1.85 bits per heavy atom. The highest BCUT2D eigenvalue weighted by Gasteiger charge is 2.25. The van der Waals surface area contributed by atoms with E-state index < -0.39 is 5.97 Å². The molecule has 0 bridgehead atoms. The molecule has 0 N–H and O–H groups in total. The van der Waals surface area contributed by atoms with Gasteiger partial charge in [-0.3, -0.25) is 4.98 Å². The zero-order chi connectivity index (χ0) is 27.4. The van der Waals surface area contributed by atoms with Gasteiger partial charge in [0, 0.05) is 23.5 Å². The highest BCUT2D eigenvalue weighted by atomic mass is 35.5. The molecule has 7 nitrogen and oxygen atoms in total. The summed E-state index contributed by atoms with van der Waals surface area (Å²) in [5.41, 5.74) is 1.35. The van der Waals surface area contributed by atoms with E-state index >= 15 is 0 Å². The summed E-state index contributed by atoms with van der Waals surface area (Å²) in [5, 5.41) is 0.630. The molecule has 9 heteroatoms. The Balaban J connectivity index is 1.48. The van der Waals surface area contributed by atoms with Crippen LogP contribution in [0, 0.1) is 11.8 Å². The van der Waals surface area contributed by atoms with Crippen LogP contribution in [0.15, 0.2) is 48.8 Å². The van der Waals surface area contributed by atoms with Crippen molar-refractivity contribution in [3.63, 3.8) is 0 Å². The van der Waals surface area contributed by atoms with Crippen LogP contribution in [0.5, 0.6) is 23.0 Å². The standard InChI is InChI=1S/C30H29Cl2NO6/c1-35-25-9-7-20(11-28(25)37-16-18-3-4-18)27(13-22-23(31)14-33-15-24(22)32)39-30(34)21-8-10-26(36-2)29(12-21)38-17-19-5-6-19/h7-15,18-19H,3-6,16-17H2,1-2H3. The third kappa shape index (κ3) is 6.97. The first-order valence-corrected chi connectivity index (χ1v) is 13.6. The number of pyridine rings is 1. The van der Waals surface area contributed by atoms with E-state index in [9.17, 15) is 4.79 Å². The Hall–Kier alpha value is -3.42. The van der Waals surface area contributed by atoms with E-state index in [1.165, 1.54) is 12.4 Å². The van der Waals surface area contributed by atoms with Crippen molar-refractivity contribution in [1.29, 1.82) is 0 Å². The minimum atomic E-state index is -0.585. The molecule has 204 valence electrons. The van der Waals surface area contributed by atoms with Crippen molar-refractivity contribution in [2.24, 2.45) is 11.8 Å². The van der Waals surface area contributed by atoms with Crippen molar-refractivity contribution in [2.45, 2.75) is 25.7 Å². The van der Waals surface area contributed by atoms with E-state index in [4.69, 9.17) is 46.9 Å². The Morgan fingerprint density at radius 2 is 1.33 bits per heavy atom. The molecule has 39 heavy (non-hydrogen) atoms. The SMILES string of the molecule is COc1ccc(C(=O)OC(=Cc2c(Cl)cncc2Cl)c2ccc(OC)c(OCC3CC3)c2)cc1OCC1CC1. The summed E-state index contributed by atoms with van der Waals surface area (Å²) in [5.74, 6) is 2.90. The number of hydrogen-bond acceptors (Lipinski definition) is 7. The van der Waals surface area contributed by atoms with Gasteiger partial charge in [-0.1, -0.05) is 23.2 Å². The summed E-state index contributed by atoms with van der Waals surface area (Å²) < 4.78 is 28.8. The predicted molar refractivity (Wildman–Crippen MR) is 150 cm³/mol. The van der Waals surface area contributed by atoms with Crippen molar-refractivity contribution in [3.05, 3.63) is 75.5 Å². The maximum atomic E-state index is 13.4. The smallest absolute Gasteiger partial charge is 0.343 e. The van der Waals surface area contributed by atoms with Crippen LogP contribution in [0.25, 0.3) is 11.8 Å². The molecule has 0 unspecified atom stereocenters. The number of aromatic nitrogens is 1.